The predicted octanol–water partition coefficient (Wildman–Crippen LogP) is 2.32. The van der Waals surface area contributed by atoms with Crippen LogP contribution in [-0.4, -0.2) is 49.7 Å². The summed E-state index contributed by atoms with van der Waals surface area (Å²) < 4.78 is 5.26. The molecule has 0 radical (unpaired) electrons. The van der Waals surface area contributed by atoms with Crippen LogP contribution in [0, 0.1) is 0 Å². The summed E-state index contributed by atoms with van der Waals surface area (Å²) in [6.07, 6.45) is 0.229. The van der Waals surface area contributed by atoms with Crippen LogP contribution in [0.15, 0.2) is 30.3 Å². The van der Waals surface area contributed by atoms with Crippen molar-refractivity contribution in [2.45, 2.75) is 38.8 Å². The molecule has 1 atom stereocenters. The fraction of sp³-hybridized carbons (Fsp3) is 0.556. The van der Waals surface area contributed by atoms with Gasteiger partial charge in [-0.25, -0.2) is 4.79 Å². The van der Waals surface area contributed by atoms with Gasteiger partial charge >= 0.3 is 6.09 Å². The van der Waals surface area contributed by atoms with E-state index in [0.29, 0.717) is 12.1 Å². The summed E-state index contributed by atoms with van der Waals surface area (Å²) >= 11 is 0. The maximum atomic E-state index is 12.5. The second-order valence-corrected chi connectivity index (χ2v) is 6.94. The Labute approximate surface area is 144 Å². The maximum absolute atomic E-state index is 12.5. The van der Waals surface area contributed by atoms with E-state index in [1.165, 1.54) is 0 Å². The van der Waals surface area contributed by atoms with Gasteiger partial charge in [0.05, 0.1) is 0 Å². The molecular weight excluding hydrogens is 306 g/mol. The highest BCUT2D eigenvalue weighted by atomic mass is 16.6. The first-order chi connectivity index (χ1) is 11.2. The Balaban J connectivity index is 2.72. The molecule has 0 spiro atoms. The van der Waals surface area contributed by atoms with Crippen molar-refractivity contribution in [3.63, 3.8) is 0 Å². The van der Waals surface area contributed by atoms with Crippen molar-refractivity contribution in [1.29, 1.82) is 0 Å². The number of rotatable bonds is 7. The Morgan fingerprint density at radius 2 is 1.79 bits per heavy atom. The largest absolute Gasteiger partial charge is 0.444 e. The van der Waals surface area contributed by atoms with Crippen molar-refractivity contribution in [3.8, 4) is 0 Å². The van der Waals surface area contributed by atoms with E-state index in [4.69, 9.17) is 4.74 Å². The highest BCUT2D eigenvalue weighted by molar-refractivity contribution is 5.86. The van der Waals surface area contributed by atoms with E-state index in [0.717, 1.165) is 13.0 Å². The zero-order valence-corrected chi connectivity index (χ0v) is 15.3. The van der Waals surface area contributed by atoms with Gasteiger partial charge in [0, 0.05) is 6.54 Å². The molecule has 0 bridgehead atoms. The van der Waals surface area contributed by atoms with E-state index >= 15 is 0 Å². The molecule has 0 aliphatic rings. The number of nitrogens with zero attached hydrogens (tertiary/aromatic N) is 1. The number of carbonyl (C=O) groups is 2. The molecule has 0 fully saturated rings. The molecule has 24 heavy (non-hydrogen) atoms. The first-order valence-electron chi connectivity index (χ1n) is 8.16. The molecule has 0 saturated heterocycles. The predicted molar refractivity (Wildman–Crippen MR) is 94.7 cm³/mol. The van der Waals surface area contributed by atoms with Crippen LogP contribution in [0.1, 0.15) is 38.8 Å². The number of nitrogens with one attached hydrogen (secondary N) is 2. The molecule has 1 unspecified atom stereocenters. The Hall–Kier alpha value is -2.08. The molecule has 0 heterocycles. The lowest BCUT2D eigenvalue weighted by atomic mass is 10.1. The van der Waals surface area contributed by atoms with E-state index in [1.807, 2.05) is 32.3 Å². The quantitative estimate of drug-likeness (QED) is 0.750. The van der Waals surface area contributed by atoms with Gasteiger partial charge < -0.3 is 20.3 Å². The Morgan fingerprint density at radius 1 is 1.17 bits per heavy atom. The van der Waals surface area contributed by atoms with Crippen LogP contribution in [0.4, 0.5) is 4.79 Å². The Morgan fingerprint density at radius 3 is 2.33 bits per heavy atom. The summed E-state index contributed by atoms with van der Waals surface area (Å²) in [5.41, 5.74) is 0.0986. The first-order valence-corrected chi connectivity index (χ1v) is 8.16. The zero-order chi connectivity index (χ0) is 18.2. The third kappa shape index (κ3) is 7.97. The van der Waals surface area contributed by atoms with Gasteiger partial charge in [-0.05, 0) is 53.4 Å². The van der Waals surface area contributed by atoms with E-state index in [2.05, 4.69) is 15.5 Å². The van der Waals surface area contributed by atoms with Gasteiger partial charge in [0.25, 0.3) is 0 Å². The maximum Gasteiger partial charge on any atom is 0.408 e. The highest BCUT2D eigenvalue weighted by Crippen LogP contribution is 2.15. The minimum absolute atomic E-state index is 0.245. The van der Waals surface area contributed by atoms with Crippen molar-refractivity contribution in [2.75, 3.05) is 27.2 Å². The number of carbonyl (C=O) groups excluding carboxylic acids is 2. The number of benzene rings is 1. The van der Waals surface area contributed by atoms with Crippen LogP contribution in [0.3, 0.4) is 0 Å². The number of alkyl carbamates (subject to hydrolysis) is 1. The van der Waals surface area contributed by atoms with Gasteiger partial charge in [0.2, 0.25) is 5.91 Å². The van der Waals surface area contributed by atoms with Crippen molar-refractivity contribution in [1.82, 2.24) is 15.5 Å². The fourth-order valence-corrected chi connectivity index (χ4v) is 2.08. The standard InChI is InChI=1S/C18H29N3O3/c1-18(2,3)24-17(23)20-15(14-10-7-6-8-11-14)16(22)19-12-9-13-21(4)5/h6-8,10-11,15H,9,12-13H2,1-5H3,(H,19,22)(H,20,23). The molecule has 1 rings (SSSR count). The average molecular weight is 335 g/mol. The van der Waals surface area contributed by atoms with Crippen LogP contribution in [0.2, 0.25) is 0 Å². The summed E-state index contributed by atoms with van der Waals surface area (Å²) in [6.45, 7) is 6.79. The number of amides is 2. The van der Waals surface area contributed by atoms with Crippen molar-refractivity contribution in [3.05, 3.63) is 35.9 Å². The summed E-state index contributed by atoms with van der Waals surface area (Å²) in [5.74, 6) is -0.245. The summed E-state index contributed by atoms with van der Waals surface area (Å²) in [6, 6.07) is 8.36. The molecule has 6 nitrogen and oxygen atoms in total. The third-order valence-corrected chi connectivity index (χ3v) is 3.14. The van der Waals surface area contributed by atoms with Gasteiger partial charge in [-0.2, -0.15) is 0 Å². The molecule has 1 aromatic rings. The summed E-state index contributed by atoms with van der Waals surface area (Å²) in [4.78, 5) is 26.6. The van der Waals surface area contributed by atoms with E-state index in [9.17, 15) is 9.59 Å². The first kappa shape index (κ1) is 20.0. The molecule has 1 aromatic carbocycles. The van der Waals surface area contributed by atoms with Crippen LogP contribution in [0.5, 0.6) is 0 Å². The molecular formula is C18H29N3O3. The van der Waals surface area contributed by atoms with E-state index in [-0.39, 0.29) is 5.91 Å². The topological polar surface area (TPSA) is 70.7 Å². The summed E-state index contributed by atoms with van der Waals surface area (Å²) in [5, 5.41) is 5.52. The minimum atomic E-state index is -0.777. The Kier molecular flexibility index (Phi) is 7.71. The molecule has 0 aromatic heterocycles. The van der Waals surface area contributed by atoms with E-state index in [1.54, 1.807) is 32.9 Å². The SMILES string of the molecule is CN(C)CCCNC(=O)C(NC(=O)OC(C)(C)C)c1ccccc1. The zero-order valence-electron chi connectivity index (χ0n) is 15.3. The van der Waals surface area contributed by atoms with Gasteiger partial charge in [-0.3, -0.25) is 4.79 Å². The number of hydrogen-bond acceptors (Lipinski definition) is 4. The second kappa shape index (κ2) is 9.27. The fourth-order valence-electron chi connectivity index (χ4n) is 2.08. The Bertz CT molecular complexity index is 524. The van der Waals surface area contributed by atoms with Crippen LogP contribution >= 0.6 is 0 Å². The van der Waals surface area contributed by atoms with Crippen LogP contribution < -0.4 is 10.6 Å². The van der Waals surface area contributed by atoms with Gasteiger partial charge in [-0.1, -0.05) is 30.3 Å². The van der Waals surface area contributed by atoms with Gasteiger partial charge in [0.1, 0.15) is 11.6 Å². The summed E-state index contributed by atoms with van der Waals surface area (Å²) in [7, 11) is 3.97. The van der Waals surface area contributed by atoms with Crippen molar-refractivity contribution < 1.29 is 14.3 Å². The third-order valence-electron chi connectivity index (χ3n) is 3.14. The molecule has 0 saturated carbocycles. The normalized spacial score (nSPS) is 12.6. The molecule has 6 heteroatoms. The molecule has 0 aliphatic carbocycles. The van der Waals surface area contributed by atoms with E-state index < -0.39 is 17.7 Å². The van der Waals surface area contributed by atoms with Gasteiger partial charge in [0.15, 0.2) is 0 Å². The monoisotopic (exact) mass is 335 g/mol. The molecule has 0 aliphatic heterocycles. The number of hydrogen-bond donors (Lipinski definition) is 2. The van der Waals surface area contributed by atoms with Crippen molar-refractivity contribution in [2.24, 2.45) is 0 Å². The van der Waals surface area contributed by atoms with Crippen LogP contribution in [0.25, 0.3) is 0 Å². The minimum Gasteiger partial charge on any atom is -0.444 e. The van der Waals surface area contributed by atoms with Gasteiger partial charge in [-0.15, -0.1) is 0 Å². The lowest BCUT2D eigenvalue weighted by molar-refractivity contribution is -0.123. The lowest BCUT2D eigenvalue weighted by Crippen LogP contribution is -2.43. The average Bonchev–Trinajstić information content (AvgIpc) is 2.48. The smallest absolute Gasteiger partial charge is 0.408 e. The molecule has 134 valence electrons. The highest BCUT2D eigenvalue weighted by Gasteiger charge is 2.25. The van der Waals surface area contributed by atoms with Crippen LogP contribution in [-0.2, 0) is 9.53 Å². The molecule has 2 amide bonds. The number of ether oxygens (including phenoxy) is 1. The molecule has 2 N–H and O–H groups in total. The van der Waals surface area contributed by atoms with Crippen molar-refractivity contribution >= 4 is 12.0 Å². The lowest BCUT2D eigenvalue weighted by Gasteiger charge is -2.23. The second-order valence-electron chi connectivity index (χ2n) is 6.94.